The zero-order chi connectivity index (χ0) is 21.1. The van der Waals surface area contributed by atoms with Crippen LogP contribution in [-0.2, 0) is 16.0 Å². The minimum absolute atomic E-state index is 0.235. The number of hydrogen-bond acceptors (Lipinski definition) is 4. The van der Waals surface area contributed by atoms with E-state index in [1.165, 1.54) is 5.56 Å². The number of aryl methyl sites for hydroxylation is 1. The molecular formula is C23H30N2O4. The molecule has 0 saturated heterocycles. The molecule has 0 fully saturated rings. The zero-order valence-electron chi connectivity index (χ0n) is 17.4. The summed E-state index contributed by atoms with van der Waals surface area (Å²) in [5.74, 6) is 0.126. The molecule has 0 radical (unpaired) electrons. The number of hydrogen-bond donors (Lipinski definition) is 2. The summed E-state index contributed by atoms with van der Waals surface area (Å²) >= 11 is 0. The van der Waals surface area contributed by atoms with Crippen molar-refractivity contribution in [3.8, 4) is 5.75 Å². The summed E-state index contributed by atoms with van der Waals surface area (Å²) in [6, 6.07) is 14.7. The fourth-order valence-electron chi connectivity index (χ4n) is 2.81. The molecule has 0 aliphatic heterocycles. The van der Waals surface area contributed by atoms with E-state index in [0.29, 0.717) is 36.6 Å². The Morgan fingerprint density at radius 2 is 1.76 bits per heavy atom. The molecule has 0 heterocycles. The minimum atomic E-state index is -0.653. The first kappa shape index (κ1) is 22.4. The van der Waals surface area contributed by atoms with Crippen LogP contribution in [0.4, 0.5) is 5.69 Å². The van der Waals surface area contributed by atoms with E-state index in [2.05, 4.69) is 17.6 Å². The van der Waals surface area contributed by atoms with Crippen molar-refractivity contribution < 1.29 is 19.1 Å². The van der Waals surface area contributed by atoms with Gasteiger partial charge in [-0.1, -0.05) is 38.1 Å². The Balaban J connectivity index is 2.03. The molecule has 2 aromatic rings. The second-order valence-corrected chi connectivity index (χ2v) is 6.65. The third-order valence-corrected chi connectivity index (χ3v) is 4.51. The van der Waals surface area contributed by atoms with Crippen molar-refractivity contribution in [2.24, 2.45) is 0 Å². The van der Waals surface area contributed by atoms with E-state index in [1.807, 2.05) is 31.2 Å². The Labute approximate surface area is 172 Å². The van der Waals surface area contributed by atoms with Gasteiger partial charge in [-0.05, 0) is 49.1 Å². The number of amides is 2. The predicted octanol–water partition coefficient (Wildman–Crippen LogP) is 3.81. The molecule has 2 aromatic carbocycles. The molecule has 2 N–H and O–H groups in total. The Morgan fingerprint density at radius 3 is 2.41 bits per heavy atom. The molecule has 0 unspecified atom stereocenters. The lowest BCUT2D eigenvalue weighted by Gasteiger charge is -2.18. The van der Waals surface area contributed by atoms with Gasteiger partial charge in [0, 0.05) is 20.3 Å². The van der Waals surface area contributed by atoms with Crippen LogP contribution < -0.4 is 15.4 Å². The van der Waals surface area contributed by atoms with Crippen LogP contribution in [0, 0.1) is 0 Å². The van der Waals surface area contributed by atoms with Crippen LogP contribution in [0.2, 0.25) is 0 Å². The lowest BCUT2D eigenvalue weighted by Crippen LogP contribution is -2.33. The van der Waals surface area contributed by atoms with Gasteiger partial charge in [0.15, 0.2) is 6.10 Å². The van der Waals surface area contributed by atoms with Crippen LogP contribution in [0.5, 0.6) is 5.75 Å². The van der Waals surface area contributed by atoms with Gasteiger partial charge in [0.2, 0.25) is 0 Å². The van der Waals surface area contributed by atoms with Crippen LogP contribution >= 0.6 is 0 Å². The Hall–Kier alpha value is -2.86. The normalized spacial score (nSPS) is 11.6. The van der Waals surface area contributed by atoms with Gasteiger partial charge in [-0.15, -0.1) is 0 Å². The second kappa shape index (κ2) is 11.9. The maximum atomic E-state index is 12.8. The van der Waals surface area contributed by atoms with Crippen LogP contribution in [0.15, 0.2) is 48.5 Å². The highest BCUT2D eigenvalue weighted by Gasteiger charge is 2.21. The average Bonchev–Trinajstić information content (AvgIpc) is 2.75. The van der Waals surface area contributed by atoms with Gasteiger partial charge in [-0.25, -0.2) is 0 Å². The van der Waals surface area contributed by atoms with Crippen molar-refractivity contribution in [1.29, 1.82) is 0 Å². The summed E-state index contributed by atoms with van der Waals surface area (Å²) in [4.78, 5) is 25.2. The molecule has 0 aliphatic carbocycles. The quantitative estimate of drug-likeness (QED) is 0.564. The molecule has 29 heavy (non-hydrogen) atoms. The van der Waals surface area contributed by atoms with Crippen molar-refractivity contribution in [3.05, 3.63) is 59.7 Å². The number of rotatable bonds is 11. The molecule has 0 aliphatic rings. The summed E-state index contributed by atoms with van der Waals surface area (Å²) in [6.07, 6.45) is 1.52. The molecule has 2 amide bonds. The maximum absolute atomic E-state index is 12.8. The van der Waals surface area contributed by atoms with E-state index in [-0.39, 0.29) is 11.8 Å². The van der Waals surface area contributed by atoms with Gasteiger partial charge in [-0.3, -0.25) is 9.59 Å². The summed E-state index contributed by atoms with van der Waals surface area (Å²) in [5.41, 5.74) is 2.09. The first-order valence-corrected chi connectivity index (χ1v) is 10.0. The van der Waals surface area contributed by atoms with E-state index in [4.69, 9.17) is 9.47 Å². The van der Waals surface area contributed by atoms with Gasteiger partial charge in [0.25, 0.3) is 11.8 Å². The monoisotopic (exact) mass is 398 g/mol. The van der Waals surface area contributed by atoms with Crippen molar-refractivity contribution in [3.63, 3.8) is 0 Å². The van der Waals surface area contributed by atoms with Crippen molar-refractivity contribution in [2.75, 3.05) is 25.6 Å². The zero-order valence-corrected chi connectivity index (χ0v) is 17.4. The van der Waals surface area contributed by atoms with E-state index >= 15 is 0 Å². The highest BCUT2D eigenvalue weighted by Crippen LogP contribution is 2.19. The van der Waals surface area contributed by atoms with Gasteiger partial charge in [-0.2, -0.15) is 0 Å². The smallest absolute Gasteiger partial charge is 0.265 e. The minimum Gasteiger partial charge on any atom is -0.481 e. The number of carbonyl (C=O) groups excluding carboxylic acids is 2. The van der Waals surface area contributed by atoms with Crippen molar-refractivity contribution in [1.82, 2.24) is 5.32 Å². The fourth-order valence-corrected chi connectivity index (χ4v) is 2.81. The number of ether oxygens (including phenoxy) is 2. The highest BCUT2D eigenvalue weighted by molar-refractivity contribution is 6.04. The summed E-state index contributed by atoms with van der Waals surface area (Å²) in [5, 5.41) is 5.68. The molecule has 2 rings (SSSR count). The van der Waals surface area contributed by atoms with Gasteiger partial charge in [0.1, 0.15) is 5.75 Å². The largest absolute Gasteiger partial charge is 0.481 e. The number of anilines is 1. The van der Waals surface area contributed by atoms with Gasteiger partial charge >= 0.3 is 0 Å². The van der Waals surface area contributed by atoms with Crippen LogP contribution in [0.3, 0.4) is 0 Å². The molecule has 0 spiro atoms. The molecule has 0 saturated carbocycles. The lowest BCUT2D eigenvalue weighted by molar-refractivity contribution is -0.122. The first-order chi connectivity index (χ1) is 14.1. The molecule has 6 heteroatoms. The van der Waals surface area contributed by atoms with Crippen LogP contribution in [-0.4, -0.2) is 38.2 Å². The first-order valence-electron chi connectivity index (χ1n) is 10.0. The lowest BCUT2D eigenvalue weighted by atomic mass is 10.1. The molecule has 0 bridgehead atoms. The molecule has 0 aromatic heterocycles. The average molecular weight is 399 g/mol. The molecule has 156 valence electrons. The summed E-state index contributed by atoms with van der Waals surface area (Å²) < 4.78 is 10.8. The third-order valence-electron chi connectivity index (χ3n) is 4.51. The molecular weight excluding hydrogens is 368 g/mol. The van der Waals surface area contributed by atoms with Crippen molar-refractivity contribution >= 4 is 17.5 Å². The predicted molar refractivity (Wildman–Crippen MR) is 114 cm³/mol. The summed E-state index contributed by atoms with van der Waals surface area (Å²) in [7, 11) is 1.62. The molecule has 6 nitrogen and oxygen atoms in total. The maximum Gasteiger partial charge on any atom is 0.265 e. The Bertz CT molecular complexity index is 790. The van der Waals surface area contributed by atoms with E-state index in [0.717, 1.165) is 12.8 Å². The van der Waals surface area contributed by atoms with Crippen molar-refractivity contribution in [2.45, 2.75) is 39.2 Å². The second-order valence-electron chi connectivity index (χ2n) is 6.65. The number of nitrogens with one attached hydrogen (secondary N) is 2. The van der Waals surface area contributed by atoms with E-state index in [1.54, 1.807) is 31.4 Å². The SMILES string of the molecule is CCc1ccc(O[C@H](CC)C(=O)Nc2ccccc2C(=O)NCCCOC)cc1. The summed E-state index contributed by atoms with van der Waals surface area (Å²) in [6.45, 7) is 5.05. The number of carbonyl (C=O) groups is 2. The Morgan fingerprint density at radius 1 is 1.03 bits per heavy atom. The van der Waals surface area contributed by atoms with E-state index < -0.39 is 6.10 Å². The number of para-hydroxylation sites is 1. The third kappa shape index (κ3) is 6.91. The Kier molecular flexibility index (Phi) is 9.18. The fraction of sp³-hybridized carbons (Fsp3) is 0.391. The standard InChI is InChI=1S/C23H30N2O4/c1-4-17-11-13-18(14-12-17)29-21(5-2)23(27)25-20-10-7-6-9-19(20)22(26)24-15-8-16-28-3/h6-7,9-14,21H,4-5,8,15-16H2,1-3H3,(H,24,26)(H,25,27)/t21-/m1/s1. The topological polar surface area (TPSA) is 76.7 Å². The number of methoxy groups -OCH3 is 1. The van der Waals surface area contributed by atoms with Crippen LogP contribution in [0.1, 0.15) is 42.6 Å². The van der Waals surface area contributed by atoms with Gasteiger partial charge in [0.05, 0.1) is 11.3 Å². The number of benzene rings is 2. The highest BCUT2D eigenvalue weighted by atomic mass is 16.5. The van der Waals surface area contributed by atoms with E-state index in [9.17, 15) is 9.59 Å². The molecule has 1 atom stereocenters. The van der Waals surface area contributed by atoms with Crippen LogP contribution in [0.25, 0.3) is 0 Å². The van der Waals surface area contributed by atoms with Gasteiger partial charge < -0.3 is 20.1 Å².